The Bertz CT molecular complexity index is 1290. The summed E-state index contributed by atoms with van der Waals surface area (Å²) in [7, 11) is 0. The number of thioether (sulfide) groups is 1. The first-order valence-electron chi connectivity index (χ1n) is 10.8. The molecule has 1 aliphatic heterocycles. The van der Waals surface area contributed by atoms with Crippen molar-refractivity contribution in [2.75, 3.05) is 5.32 Å². The van der Waals surface area contributed by atoms with E-state index >= 15 is 0 Å². The molecule has 5 rings (SSSR count). The van der Waals surface area contributed by atoms with E-state index < -0.39 is 5.97 Å². The molecule has 5 unspecified atom stereocenters. The number of rotatable bonds is 5. The van der Waals surface area contributed by atoms with Crippen LogP contribution < -0.4 is 5.32 Å². The lowest BCUT2D eigenvalue weighted by Gasteiger charge is -2.38. The zero-order chi connectivity index (χ0) is 24.0. The first-order valence-corrected chi connectivity index (χ1v) is 12.9. The van der Waals surface area contributed by atoms with Crippen LogP contribution in [0.1, 0.15) is 39.9 Å². The molecule has 0 radical (unpaired) electrons. The normalized spacial score (nSPS) is 25.2. The number of nitro benzene ring substituents is 1. The molecule has 1 heterocycles. The Labute approximate surface area is 214 Å². The number of hydrogen-bond acceptors (Lipinski definition) is 5. The van der Waals surface area contributed by atoms with Crippen molar-refractivity contribution in [1.29, 1.82) is 0 Å². The number of carboxylic acid groups (broad SMARTS) is 1. The minimum atomic E-state index is -0.984. The topological polar surface area (TPSA) is 92.5 Å². The van der Waals surface area contributed by atoms with E-state index in [2.05, 4.69) is 27.3 Å². The van der Waals surface area contributed by atoms with Crippen molar-refractivity contribution in [3.63, 3.8) is 0 Å². The maximum Gasteiger partial charge on any atom is 0.335 e. The van der Waals surface area contributed by atoms with Gasteiger partial charge in [0.1, 0.15) is 0 Å². The first kappa shape index (κ1) is 23.2. The number of aromatic carboxylic acids is 1. The number of nitrogens with zero attached hydrogens (tertiary/aromatic N) is 1. The third-order valence-electron chi connectivity index (χ3n) is 6.64. The fourth-order valence-electron chi connectivity index (χ4n) is 5.15. The van der Waals surface area contributed by atoms with E-state index in [0.717, 1.165) is 27.7 Å². The van der Waals surface area contributed by atoms with Crippen molar-refractivity contribution in [3.8, 4) is 0 Å². The van der Waals surface area contributed by atoms with Gasteiger partial charge in [-0.15, -0.1) is 23.4 Å². The van der Waals surface area contributed by atoms with Crippen molar-refractivity contribution in [2.45, 2.75) is 33.9 Å². The molecular formula is C25H20BrClN2O4S. The number of nitrogens with one attached hydrogen (secondary N) is 1. The highest BCUT2D eigenvalue weighted by Gasteiger charge is 2.50. The van der Waals surface area contributed by atoms with Gasteiger partial charge in [-0.25, -0.2) is 4.79 Å². The van der Waals surface area contributed by atoms with Crippen LogP contribution in [0.15, 0.2) is 76.1 Å². The second-order valence-electron chi connectivity index (χ2n) is 8.50. The third kappa shape index (κ3) is 4.08. The number of carboxylic acids is 1. The standard InChI is InChI=1S/C25H20BrClN2O4S/c26-17-6-2-1-5-14(17)24-16-12-21(34-20-8-4-3-7-19(20)29(32)33)23(27)22(16)15-11-13(25(30)31)9-10-18(15)28-24/h1-11,16,21-24,28H,12H2,(H,30,31). The number of benzene rings is 3. The lowest BCUT2D eigenvalue weighted by atomic mass is 9.77. The van der Waals surface area contributed by atoms with Gasteiger partial charge in [-0.3, -0.25) is 10.1 Å². The third-order valence-corrected chi connectivity index (χ3v) is 9.48. The van der Waals surface area contributed by atoms with Crippen LogP contribution in [0.3, 0.4) is 0 Å². The summed E-state index contributed by atoms with van der Waals surface area (Å²) in [5.74, 6) is -1.00. The predicted octanol–water partition coefficient (Wildman–Crippen LogP) is 7.09. The molecule has 1 fully saturated rings. The zero-order valence-electron chi connectivity index (χ0n) is 17.7. The molecule has 9 heteroatoms. The smallest absolute Gasteiger partial charge is 0.335 e. The Morgan fingerprint density at radius 2 is 1.85 bits per heavy atom. The van der Waals surface area contributed by atoms with Gasteiger partial charge in [-0.2, -0.15) is 0 Å². The number of halogens is 2. The summed E-state index contributed by atoms with van der Waals surface area (Å²) < 4.78 is 0.984. The predicted molar refractivity (Wildman–Crippen MR) is 137 cm³/mol. The number of nitro groups is 1. The summed E-state index contributed by atoms with van der Waals surface area (Å²) in [5, 5.41) is 24.3. The Kier molecular flexibility index (Phi) is 6.31. The SMILES string of the molecule is O=C(O)c1ccc2c(c1)C1C(Cl)C(Sc3ccccc3[N+](=O)[O-])CC1C(c1ccccc1Br)N2. The number of para-hydroxylation sites is 1. The van der Waals surface area contributed by atoms with Gasteiger partial charge in [0.25, 0.3) is 5.69 Å². The monoisotopic (exact) mass is 558 g/mol. The largest absolute Gasteiger partial charge is 0.478 e. The molecule has 34 heavy (non-hydrogen) atoms. The highest BCUT2D eigenvalue weighted by molar-refractivity contribution is 9.10. The second kappa shape index (κ2) is 9.24. The maximum absolute atomic E-state index is 11.7. The molecule has 0 bridgehead atoms. The summed E-state index contributed by atoms with van der Waals surface area (Å²) in [6.07, 6.45) is 0.727. The summed E-state index contributed by atoms with van der Waals surface area (Å²) in [5.41, 5.74) is 3.15. The van der Waals surface area contributed by atoms with Gasteiger partial charge in [-0.05, 0) is 53.8 Å². The molecule has 174 valence electrons. The van der Waals surface area contributed by atoms with Gasteiger partial charge in [-0.1, -0.05) is 46.3 Å². The van der Waals surface area contributed by atoms with Crippen LogP contribution in [0.4, 0.5) is 11.4 Å². The van der Waals surface area contributed by atoms with Gasteiger partial charge in [0, 0.05) is 27.4 Å². The van der Waals surface area contributed by atoms with Crippen molar-refractivity contribution in [1.82, 2.24) is 0 Å². The zero-order valence-corrected chi connectivity index (χ0v) is 20.9. The lowest BCUT2D eigenvalue weighted by molar-refractivity contribution is -0.387. The molecule has 5 atom stereocenters. The quantitative estimate of drug-likeness (QED) is 0.197. The number of fused-ring (bicyclic) bond motifs is 3. The molecule has 0 amide bonds. The molecule has 0 saturated heterocycles. The molecule has 1 aliphatic carbocycles. The van der Waals surface area contributed by atoms with Crippen LogP contribution in [-0.4, -0.2) is 26.6 Å². The highest BCUT2D eigenvalue weighted by atomic mass is 79.9. The van der Waals surface area contributed by atoms with E-state index in [4.69, 9.17) is 11.6 Å². The Morgan fingerprint density at radius 3 is 2.59 bits per heavy atom. The summed E-state index contributed by atoms with van der Waals surface area (Å²) in [6, 6.07) is 19.8. The molecule has 6 nitrogen and oxygen atoms in total. The maximum atomic E-state index is 11.7. The number of hydrogen-bond donors (Lipinski definition) is 2. The molecule has 2 N–H and O–H groups in total. The summed E-state index contributed by atoms with van der Waals surface area (Å²) in [6.45, 7) is 0. The van der Waals surface area contributed by atoms with Gasteiger partial charge in [0.05, 0.1) is 26.8 Å². The van der Waals surface area contributed by atoms with Gasteiger partial charge < -0.3 is 10.4 Å². The molecular weight excluding hydrogens is 540 g/mol. The lowest BCUT2D eigenvalue weighted by Crippen LogP contribution is -2.31. The first-order chi connectivity index (χ1) is 16.3. The minimum absolute atomic E-state index is 0.0404. The van der Waals surface area contributed by atoms with E-state index in [1.807, 2.05) is 24.3 Å². The fraction of sp³-hybridized carbons (Fsp3) is 0.240. The van der Waals surface area contributed by atoms with Crippen molar-refractivity contribution < 1.29 is 14.8 Å². The van der Waals surface area contributed by atoms with Crippen LogP contribution in [0.2, 0.25) is 0 Å². The average molecular weight is 560 g/mol. The van der Waals surface area contributed by atoms with E-state index in [0.29, 0.717) is 4.90 Å². The van der Waals surface area contributed by atoms with Crippen LogP contribution in [0.5, 0.6) is 0 Å². The van der Waals surface area contributed by atoms with Gasteiger partial charge in [0.2, 0.25) is 0 Å². The van der Waals surface area contributed by atoms with Crippen LogP contribution in [0, 0.1) is 16.0 Å². The molecule has 1 saturated carbocycles. The minimum Gasteiger partial charge on any atom is -0.478 e. The molecule has 3 aromatic rings. The second-order valence-corrected chi connectivity index (χ2v) is 11.1. The average Bonchev–Trinajstić information content (AvgIpc) is 3.15. The van der Waals surface area contributed by atoms with E-state index in [9.17, 15) is 20.0 Å². The Hall–Kier alpha value is -2.55. The molecule has 0 aromatic heterocycles. The number of anilines is 1. The summed E-state index contributed by atoms with van der Waals surface area (Å²) >= 11 is 12.2. The number of carbonyl (C=O) groups is 1. The molecule has 2 aliphatic rings. The molecule has 3 aromatic carbocycles. The van der Waals surface area contributed by atoms with Crippen LogP contribution in [-0.2, 0) is 0 Å². The van der Waals surface area contributed by atoms with Gasteiger partial charge in [0.15, 0.2) is 0 Å². The number of alkyl halides is 1. The van der Waals surface area contributed by atoms with Crippen molar-refractivity contribution in [2.24, 2.45) is 5.92 Å². The summed E-state index contributed by atoms with van der Waals surface area (Å²) in [4.78, 5) is 23.4. The molecule has 0 spiro atoms. The van der Waals surface area contributed by atoms with E-state index in [1.54, 1.807) is 30.3 Å². The van der Waals surface area contributed by atoms with E-state index in [1.165, 1.54) is 17.8 Å². The van der Waals surface area contributed by atoms with Crippen LogP contribution in [0.25, 0.3) is 0 Å². The van der Waals surface area contributed by atoms with Crippen molar-refractivity contribution in [3.05, 3.63) is 98.0 Å². The Morgan fingerprint density at radius 1 is 1.12 bits per heavy atom. The van der Waals surface area contributed by atoms with E-state index in [-0.39, 0.29) is 44.7 Å². The van der Waals surface area contributed by atoms with Crippen LogP contribution >= 0.6 is 39.3 Å². The highest BCUT2D eigenvalue weighted by Crippen LogP contribution is 2.58. The Balaban J connectivity index is 1.57. The fourth-order valence-corrected chi connectivity index (χ4v) is 7.63. The van der Waals surface area contributed by atoms with Gasteiger partial charge >= 0.3 is 5.97 Å². The van der Waals surface area contributed by atoms with Crippen molar-refractivity contribution >= 4 is 56.6 Å².